The summed E-state index contributed by atoms with van der Waals surface area (Å²) in [6.45, 7) is 1.98. The number of rotatable bonds is 5. The Morgan fingerprint density at radius 3 is 2.52 bits per heavy atom. The predicted octanol–water partition coefficient (Wildman–Crippen LogP) is 4.25. The van der Waals surface area contributed by atoms with Crippen molar-refractivity contribution >= 4 is 11.9 Å². The molecule has 1 fully saturated rings. The number of carbonyl (C=O) groups is 1. The molecule has 1 aliphatic rings. The SMILES string of the molecule is COc1cc(O)c(C(=O)/C=C/c2ccc(F)cc2)cc1C1CCN(C)CC1. The van der Waals surface area contributed by atoms with Gasteiger partial charge in [0.05, 0.1) is 12.7 Å². The number of methoxy groups -OCH3 is 1. The van der Waals surface area contributed by atoms with Gasteiger partial charge in [0.15, 0.2) is 5.78 Å². The van der Waals surface area contributed by atoms with Gasteiger partial charge in [-0.1, -0.05) is 18.2 Å². The van der Waals surface area contributed by atoms with E-state index in [9.17, 15) is 14.3 Å². The zero-order valence-corrected chi connectivity index (χ0v) is 15.6. The number of halogens is 1. The van der Waals surface area contributed by atoms with E-state index in [2.05, 4.69) is 11.9 Å². The fraction of sp³-hybridized carbons (Fsp3) is 0.318. The van der Waals surface area contributed by atoms with E-state index >= 15 is 0 Å². The molecular weight excluding hydrogens is 345 g/mol. The maximum absolute atomic E-state index is 13.0. The van der Waals surface area contributed by atoms with Crippen molar-refractivity contribution in [2.24, 2.45) is 0 Å². The van der Waals surface area contributed by atoms with E-state index in [4.69, 9.17) is 4.74 Å². The summed E-state index contributed by atoms with van der Waals surface area (Å²) in [6, 6.07) is 9.14. The molecule has 0 amide bonds. The van der Waals surface area contributed by atoms with Crippen molar-refractivity contribution in [2.75, 3.05) is 27.2 Å². The van der Waals surface area contributed by atoms with Crippen LogP contribution in [0, 0.1) is 5.82 Å². The summed E-state index contributed by atoms with van der Waals surface area (Å²) in [7, 11) is 3.67. The van der Waals surface area contributed by atoms with E-state index in [1.54, 1.807) is 31.4 Å². The molecule has 142 valence electrons. The minimum absolute atomic E-state index is 0.0997. The quantitative estimate of drug-likeness (QED) is 0.632. The Labute approximate surface area is 158 Å². The largest absolute Gasteiger partial charge is 0.507 e. The van der Waals surface area contributed by atoms with Gasteiger partial charge in [-0.15, -0.1) is 0 Å². The van der Waals surface area contributed by atoms with Crippen LogP contribution in [-0.4, -0.2) is 43.0 Å². The number of phenolic OH excluding ortho intramolecular Hbond substituents is 1. The van der Waals surface area contributed by atoms with E-state index in [1.165, 1.54) is 24.3 Å². The van der Waals surface area contributed by atoms with Crippen LogP contribution in [0.25, 0.3) is 6.08 Å². The first-order chi connectivity index (χ1) is 13.0. The Morgan fingerprint density at radius 1 is 1.22 bits per heavy atom. The smallest absolute Gasteiger partial charge is 0.189 e. The zero-order valence-electron chi connectivity index (χ0n) is 15.6. The molecule has 0 aromatic heterocycles. The van der Waals surface area contributed by atoms with Crippen LogP contribution in [0.4, 0.5) is 4.39 Å². The molecule has 1 heterocycles. The predicted molar refractivity (Wildman–Crippen MR) is 104 cm³/mol. The highest BCUT2D eigenvalue weighted by Gasteiger charge is 2.24. The topological polar surface area (TPSA) is 49.8 Å². The van der Waals surface area contributed by atoms with Crippen molar-refractivity contribution in [3.05, 3.63) is 65.0 Å². The van der Waals surface area contributed by atoms with E-state index in [0.29, 0.717) is 17.2 Å². The molecule has 0 unspecified atom stereocenters. The van der Waals surface area contributed by atoms with Gasteiger partial charge in [-0.2, -0.15) is 0 Å². The highest BCUT2D eigenvalue weighted by atomic mass is 19.1. The second-order valence-corrected chi connectivity index (χ2v) is 6.94. The molecule has 0 radical (unpaired) electrons. The summed E-state index contributed by atoms with van der Waals surface area (Å²) in [5.74, 6) is 0.186. The number of phenols is 1. The average molecular weight is 369 g/mol. The third-order valence-electron chi connectivity index (χ3n) is 5.07. The fourth-order valence-corrected chi connectivity index (χ4v) is 3.43. The fourth-order valence-electron chi connectivity index (χ4n) is 3.43. The van der Waals surface area contributed by atoms with Crippen LogP contribution in [0.5, 0.6) is 11.5 Å². The van der Waals surface area contributed by atoms with Crippen LogP contribution in [0.2, 0.25) is 0 Å². The Hall–Kier alpha value is -2.66. The van der Waals surface area contributed by atoms with Crippen LogP contribution in [0.15, 0.2) is 42.5 Å². The zero-order chi connectivity index (χ0) is 19.4. The molecule has 0 saturated carbocycles. The van der Waals surface area contributed by atoms with Gasteiger partial charge in [0.2, 0.25) is 0 Å². The van der Waals surface area contributed by atoms with Crippen LogP contribution >= 0.6 is 0 Å². The van der Waals surface area contributed by atoms with Gasteiger partial charge in [-0.05, 0) is 74.3 Å². The molecule has 1 N–H and O–H groups in total. The normalized spacial score (nSPS) is 16.0. The second-order valence-electron chi connectivity index (χ2n) is 6.94. The summed E-state index contributed by atoms with van der Waals surface area (Å²) in [4.78, 5) is 14.9. The molecule has 0 atom stereocenters. The number of likely N-dealkylation sites (tertiary alicyclic amines) is 1. The first-order valence-electron chi connectivity index (χ1n) is 9.05. The summed E-state index contributed by atoms with van der Waals surface area (Å²) in [5.41, 5.74) is 1.93. The molecule has 0 spiro atoms. The van der Waals surface area contributed by atoms with Crippen molar-refractivity contribution in [1.82, 2.24) is 4.90 Å². The number of nitrogens with zero attached hydrogens (tertiary/aromatic N) is 1. The molecule has 0 aliphatic carbocycles. The monoisotopic (exact) mass is 369 g/mol. The molecule has 0 bridgehead atoms. The molecule has 2 aromatic rings. The average Bonchev–Trinajstić information content (AvgIpc) is 2.67. The van der Waals surface area contributed by atoms with Gasteiger partial charge >= 0.3 is 0 Å². The van der Waals surface area contributed by atoms with Crippen molar-refractivity contribution in [2.45, 2.75) is 18.8 Å². The number of carbonyl (C=O) groups excluding carboxylic acids is 1. The van der Waals surface area contributed by atoms with Crippen LogP contribution in [-0.2, 0) is 0 Å². The van der Waals surface area contributed by atoms with Crippen molar-refractivity contribution in [3.63, 3.8) is 0 Å². The Balaban J connectivity index is 1.86. The highest BCUT2D eigenvalue weighted by Crippen LogP contribution is 2.38. The first-order valence-corrected chi connectivity index (χ1v) is 9.05. The minimum atomic E-state index is -0.325. The first kappa shape index (κ1) is 19.1. The van der Waals surface area contributed by atoms with Crippen molar-refractivity contribution in [1.29, 1.82) is 0 Å². The van der Waals surface area contributed by atoms with E-state index in [-0.39, 0.29) is 22.9 Å². The van der Waals surface area contributed by atoms with Gasteiger partial charge in [-0.3, -0.25) is 4.79 Å². The summed E-state index contributed by atoms with van der Waals surface area (Å²) < 4.78 is 18.4. The summed E-state index contributed by atoms with van der Waals surface area (Å²) >= 11 is 0. The second kappa shape index (κ2) is 8.35. The third kappa shape index (κ3) is 4.55. The maximum Gasteiger partial charge on any atom is 0.189 e. The van der Waals surface area contributed by atoms with Crippen LogP contribution in [0.3, 0.4) is 0 Å². The van der Waals surface area contributed by atoms with E-state index in [0.717, 1.165) is 31.5 Å². The summed E-state index contributed by atoms with van der Waals surface area (Å²) in [5, 5.41) is 10.3. The van der Waals surface area contributed by atoms with Gasteiger partial charge in [0.1, 0.15) is 17.3 Å². The Morgan fingerprint density at radius 2 is 1.89 bits per heavy atom. The number of aromatic hydroxyl groups is 1. The lowest BCUT2D eigenvalue weighted by Gasteiger charge is -2.30. The Kier molecular flexibility index (Phi) is 5.91. The standard InChI is InChI=1S/C22H24FNO3/c1-24-11-9-16(10-12-24)18-13-19(21(26)14-22(18)27-2)20(25)8-5-15-3-6-17(23)7-4-15/h3-8,13-14,16,26H,9-12H2,1-2H3/b8-5+. The summed E-state index contributed by atoms with van der Waals surface area (Å²) in [6.07, 6.45) is 4.97. The molecule has 5 heteroatoms. The van der Waals surface area contributed by atoms with Gasteiger partial charge < -0.3 is 14.7 Å². The maximum atomic E-state index is 13.0. The number of ketones is 1. The molecular formula is C22H24FNO3. The Bertz CT molecular complexity index is 837. The lowest BCUT2D eigenvalue weighted by atomic mass is 9.87. The number of allylic oxidation sites excluding steroid dienone is 1. The number of ether oxygens (including phenoxy) is 1. The van der Waals surface area contributed by atoms with Crippen molar-refractivity contribution in [3.8, 4) is 11.5 Å². The lowest BCUT2D eigenvalue weighted by molar-refractivity contribution is 0.104. The molecule has 3 rings (SSSR count). The van der Waals surface area contributed by atoms with Gasteiger partial charge in [0.25, 0.3) is 0 Å². The lowest BCUT2D eigenvalue weighted by Crippen LogP contribution is -2.29. The van der Waals surface area contributed by atoms with E-state index < -0.39 is 0 Å². The molecule has 1 aliphatic heterocycles. The number of hydrogen-bond donors (Lipinski definition) is 1. The van der Waals surface area contributed by atoms with Crippen molar-refractivity contribution < 1.29 is 19.0 Å². The molecule has 27 heavy (non-hydrogen) atoms. The number of piperidine rings is 1. The van der Waals surface area contributed by atoms with Crippen LogP contribution in [0.1, 0.15) is 40.2 Å². The molecule has 4 nitrogen and oxygen atoms in total. The number of hydrogen-bond acceptors (Lipinski definition) is 4. The van der Waals surface area contributed by atoms with Gasteiger partial charge in [-0.25, -0.2) is 4.39 Å². The van der Waals surface area contributed by atoms with Gasteiger partial charge in [0, 0.05) is 6.07 Å². The van der Waals surface area contributed by atoms with E-state index in [1.807, 2.05) is 0 Å². The molecule has 2 aromatic carbocycles. The van der Waals surface area contributed by atoms with Crippen LogP contribution < -0.4 is 4.74 Å². The number of benzene rings is 2. The highest BCUT2D eigenvalue weighted by molar-refractivity contribution is 6.08. The third-order valence-corrected chi connectivity index (χ3v) is 5.07. The minimum Gasteiger partial charge on any atom is -0.507 e. The molecule has 1 saturated heterocycles.